The second-order valence-electron chi connectivity index (χ2n) is 4.93. The standard InChI is InChI=1S/C15H26N2/c1-4-11-16-15(10-12-17(2)3)13-14-8-6-5-7-9-14/h5-9,15-16H,4,10-13H2,1-3H3. The largest absolute Gasteiger partial charge is 0.314 e. The molecule has 1 unspecified atom stereocenters. The van der Waals surface area contributed by atoms with E-state index in [2.05, 4.69) is 61.6 Å². The Morgan fingerprint density at radius 1 is 1.18 bits per heavy atom. The van der Waals surface area contributed by atoms with Gasteiger partial charge in [-0.05, 0) is 52.0 Å². The molecule has 0 radical (unpaired) electrons. The van der Waals surface area contributed by atoms with E-state index in [0.717, 1.165) is 19.5 Å². The highest BCUT2D eigenvalue weighted by Gasteiger charge is 2.08. The van der Waals surface area contributed by atoms with Crippen molar-refractivity contribution in [1.29, 1.82) is 0 Å². The minimum absolute atomic E-state index is 0.597. The highest BCUT2D eigenvalue weighted by atomic mass is 15.1. The first kappa shape index (κ1) is 14.2. The molecular formula is C15H26N2. The van der Waals surface area contributed by atoms with E-state index in [0.29, 0.717) is 6.04 Å². The maximum atomic E-state index is 3.65. The normalized spacial score (nSPS) is 12.9. The number of rotatable bonds is 8. The zero-order chi connectivity index (χ0) is 12.5. The van der Waals surface area contributed by atoms with Crippen molar-refractivity contribution in [2.75, 3.05) is 27.2 Å². The van der Waals surface area contributed by atoms with E-state index < -0.39 is 0 Å². The van der Waals surface area contributed by atoms with Crippen LogP contribution in [-0.2, 0) is 6.42 Å². The van der Waals surface area contributed by atoms with Gasteiger partial charge in [0.1, 0.15) is 0 Å². The highest BCUT2D eigenvalue weighted by molar-refractivity contribution is 5.15. The van der Waals surface area contributed by atoms with Crippen LogP contribution in [0.5, 0.6) is 0 Å². The molecule has 2 nitrogen and oxygen atoms in total. The first-order chi connectivity index (χ1) is 8.22. The molecule has 0 saturated carbocycles. The third-order valence-electron chi connectivity index (χ3n) is 2.93. The van der Waals surface area contributed by atoms with Crippen molar-refractivity contribution in [2.45, 2.75) is 32.2 Å². The van der Waals surface area contributed by atoms with Crippen molar-refractivity contribution in [3.8, 4) is 0 Å². The summed E-state index contributed by atoms with van der Waals surface area (Å²) < 4.78 is 0. The van der Waals surface area contributed by atoms with E-state index in [9.17, 15) is 0 Å². The summed E-state index contributed by atoms with van der Waals surface area (Å²) in [7, 11) is 4.28. The lowest BCUT2D eigenvalue weighted by Crippen LogP contribution is -2.34. The molecule has 1 N–H and O–H groups in total. The predicted octanol–water partition coefficient (Wildman–Crippen LogP) is 2.55. The first-order valence-electron chi connectivity index (χ1n) is 6.64. The molecule has 0 fully saturated rings. The van der Waals surface area contributed by atoms with E-state index in [1.807, 2.05) is 0 Å². The average Bonchev–Trinajstić information content (AvgIpc) is 2.34. The fourth-order valence-electron chi connectivity index (χ4n) is 1.94. The van der Waals surface area contributed by atoms with Crippen LogP contribution >= 0.6 is 0 Å². The zero-order valence-corrected chi connectivity index (χ0v) is 11.4. The van der Waals surface area contributed by atoms with Gasteiger partial charge in [-0.15, -0.1) is 0 Å². The second-order valence-corrected chi connectivity index (χ2v) is 4.93. The first-order valence-corrected chi connectivity index (χ1v) is 6.64. The van der Waals surface area contributed by atoms with Gasteiger partial charge in [-0.1, -0.05) is 37.3 Å². The van der Waals surface area contributed by atoms with E-state index in [4.69, 9.17) is 0 Å². The maximum absolute atomic E-state index is 3.65. The topological polar surface area (TPSA) is 15.3 Å². The summed E-state index contributed by atoms with van der Waals surface area (Å²) in [5, 5.41) is 3.65. The van der Waals surface area contributed by atoms with Crippen LogP contribution in [0.3, 0.4) is 0 Å². The molecule has 1 rings (SSSR count). The smallest absolute Gasteiger partial charge is 0.0120 e. The second kappa shape index (κ2) is 8.26. The maximum Gasteiger partial charge on any atom is 0.0120 e. The van der Waals surface area contributed by atoms with Crippen molar-refractivity contribution >= 4 is 0 Å². The Labute approximate surface area is 106 Å². The molecule has 0 bridgehead atoms. The number of hydrogen-bond acceptors (Lipinski definition) is 2. The summed E-state index contributed by atoms with van der Waals surface area (Å²) in [6.07, 6.45) is 3.55. The van der Waals surface area contributed by atoms with Crippen molar-refractivity contribution < 1.29 is 0 Å². The average molecular weight is 234 g/mol. The number of nitrogens with zero attached hydrogens (tertiary/aromatic N) is 1. The van der Waals surface area contributed by atoms with Crippen molar-refractivity contribution in [1.82, 2.24) is 10.2 Å². The molecule has 96 valence electrons. The van der Waals surface area contributed by atoms with Crippen molar-refractivity contribution in [3.63, 3.8) is 0 Å². The molecule has 0 heterocycles. The molecule has 0 spiro atoms. The Kier molecular flexibility index (Phi) is 6.90. The minimum atomic E-state index is 0.597. The van der Waals surface area contributed by atoms with Crippen LogP contribution in [0, 0.1) is 0 Å². The van der Waals surface area contributed by atoms with Gasteiger partial charge >= 0.3 is 0 Å². The van der Waals surface area contributed by atoms with Gasteiger partial charge in [0.05, 0.1) is 0 Å². The van der Waals surface area contributed by atoms with Gasteiger partial charge in [0, 0.05) is 6.04 Å². The van der Waals surface area contributed by atoms with Crippen LogP contribution in [0.2, 0.25) is 0 Å². The lowest BCUT2D eigenvalue weighted by molar-refractivity contribution is 0.356. The quantitative estimate of drug-likeness (QED) is 0.743. The molecule has 0 aliphatic carbocycles. The van der Waals surface area contributed by atoms with E-state index >= 15 is 0 Å². The predicted molar refractivity (Wildman–Crippen MR) is 75.4 cm³/mol. The molecule has 1 aromatic carbocycles. The third kappa shape index (κ3) is 6.44. The molecule has 0 aromatic heterocycles. The van der Waals surface area contributed by atoms with Crippen molar-refractivity contribution in [2.24, 2.45) is 0 Å². The van der Waals surface area contributed by atoms with E-state index in [-0.39, 0.29) is 0 Å². The lowest BCUT2D eigenvalue weighted by Gasteiger charge is -2.20. The van der Waals surface area contributed by atoms with Gasteiger partial charge in [0.15, 0.2) is 0 Å². The Hall–Kier alpha value is -0.860. The van der Waals surface area contributed by atoms with E-state index in [1.54, 1.807) is 0 Å². The summed E-state index contributed by atoms with van der Waals surface area (Å²) in [5.74, 6) is 0. The highest BCUT2D eigenvalue weighted by Crippen LogP contribution is 2.06. The van der Waals surface area contributed by atoms with Crippen LogP contribution in [0.25, 0.3) is 0 Å². The lowest BCUT2D eigenvalue weighted by atomic mass is 10.0. The summed E-state index contributed by atoms with van der Waals surface area (Å²) in [4.78, 5) is 2.26. The summed E-state index contributed by atoms with van der Waals surface area (Å²) in [6, 6.07) is 11.4. The minimum Gasteiger partial charge on any atom is -0.314 e. The molecule has 0 aliphatic heterocycles. The van der Waals surface area contributed by atoms with Crippen molar-refractivity contribution in [3.05, 3.63) is 35.9 Å². The number of hydrogen-bond donors (Lipinski definition) is 1. The van der Waals surface area contributed by atoms with Gasteiger partial charge in [-0.3, -0.25) is 0 Å². The van der Waals surface area contributed by atoms with Gasteiger partial charge in [-0.2, -0.15) is 0 Å². The van der Waals surface area contributed by atoms with Crippen LogP contribution < -0.4 is 5.32 Å². The molecule has 0 amide bonds. The number of nitrogens with one attached hydrogen (secondary N) is 1. The summed E-state index contributed by atoms with van der Waals surface area (Å²) >= 11 is 0. The SMILES string of the molecule is CCCNC(CCN(C)C)Cc1ccccc1. The molecular weight excluding hydrogens is 208 g/mol. The summed E-state index contributed by atoms with van der Waals surface area (Å²) in [6.45, 7) is 4.48. The molecule has 1 aromatic rings. The molecule has 2 heteroatoms. The van der Waals surface area contributed by atoms with Crippen LogP contribution in [-0.4, -0.2) is 38.1 Å². The Balaban J connectivity index is 2.44. The van der Waals surface area contributed by atoms with Gasteiger partial charge in [-0.25, -0.2) is 0 Å². The Bertz CT molecular complexity index is 282. The van der Waals surface area contributed by atoms with E-state index in [1.165, 1.54) is 18.4 Å². The van der Waals surface area contributed by atoms with Gasteiger partial charge in [0.2, 0.25) is 0 Å². The molecule has 1 atom stereocenters. The number of benzene rings is 1. The van der Waals surface area contributed by atoms with Crippen LogP contribution in [0.4, 0.5) is 0 Å². The monoisotopic (exact) mass is 234 g/mol. The third-order valence-corrected chi connectivity index (χ3v) is 2.93. The van der Waals surface area contributed by atoms with Crippen LogP contribution in [0.15, 0.2) is 30.3 Å². The molecule has 0 saturated heterocycles. The zero-order valence-electron chi connectivity index (χ0n) is 11.4. The van der Waals surface area contributed by atoms with Gasteiger partial charge in [0.25, 0.3) is 0 Å². The summed E-state index contributed by atoms with van der Waals surface area (Å²) in [5.41, 5.74) is 1.43. The Morgan fingerprint density at radius 3 is 2.47 bits per heavy atom. The molecule has 17 heavy (non-hydrogen) atoms. The fourth-order valence-corrected chi connectivity index (χ4v) is 1.94. The van der Waals surface area contributed by atoms with Crippen LogP contribution in [0.1, 0.15) is 25.3 Å². The fraction of sp³-hybridized carbons (Fsp3) is 0.600. The Morgan fingerprint density at radius 2 is 1.88 bits per heavy atom. The van der Waals surface area contributed by atoms with Gasteiger partial charge < -0.3 is 10.2 Å². The molecule has 0 aliphatic rings.